The lowest BCUT2D eigenvalue weighted by Crippen LogP contribution is -2.43. The van der Waals surface area contributed by atoms with E-state index in [0.717, 1.165) is 18.5 Å². The molecule has 2 atom stereocenters. The van der Waals surface area contributed by atoms with Gasteiger partial charge in [-0.1, -0.05) is 11.6 Å². The summed E-state index contributed by atoms with van der Waals surface area (Å²) in [6.45, 7) is 6.88. The minimum atomic E-state index is 0.781. The fourth-order valence-corrected chi connectivity index (χ4v) is 3.13. The second-order valence-corrected chi connectivity index (χ2v) is 5.51. The maximum Gasteiger partial charge on any atom is 0.0201 e. The summed E-state index contributed by atoms with van der Waals surface area (Å²) in [7, 11) is 0. The third kappa shape index (κ3) is 3.22. The molecule has 2 aliphatic rings. The monoisotopic (exact) mass is 242 g/mol. The zero-order chi connectivity index (χ0) is 11.4. The van der Waals surface area contributed by atoms with Gasteiger partial charge in [-0.25, -0.2) is 0 Å². The Kier molecular flexibility index (Phi) is 4.68. The molecule has 0 aliphatic carbocycles. The van der Waals surface area contributed by atoms with Crippen LogP contribution in [0, 0.1) is 5.92 Å². The summed E-state index contributed by atoms with van der Waals surface area (Å²) in [5, 5.41) is 3.65. The third-order valence-corrected chi connectivity index (χ3v) is 4.24. The second kappa shape index (κ2) is 6.04. The Bertz CT molecular complexity index is 246. The maximum atomic E-state index is 5.73. The first-order valence-electron chi connectivity index (χ1n) is 6.51. The van der Waals surface area contributed by atoms with Crippen LogP contribution in [0.3, 0.4) is 0 Å². The molecule has 2 saturated heterocycles. The van der Waals surface area contributed by atoms with Gasteiger partial charge in [0.25, 0.3) is 0 Å². The van der Waals surface area contributed by atoms with Crippen molar-refractivity contribution >= 4 is 11.6 Å². The quantitative estimate of drug-likeness (QED) is 0.819. The van der Waals surface area contributed by atoms with Crippen LogP contribution in [0.5, 0.6) is 0 Å². The van der Waals surface area contributed by atoms with E-state index in [1.807, 2.05) is 0 Å². The zero-order valence-corrected chi connectivity index (χ0v) is 11.0. The predicted molar refractivity (Wildman–Crippen MR) is 69.8 cm³/mol. The van der Waals surface area contributed by atoms with Crippen LogP contribution < -0.4 is 5.32 Å². The van der Waals surface area contributed by atoms with Gasteiger partial charge in [-0.15, -0.1) is 0 Å². The standard InChI is InChI=1S/C13H23ClN2/c1-11(8-14)9-16-7-3-4-12(10-16)13-5-2-6-15-13/h8,12-13,15H,2-7,9-10H2,1H3. The van der Waals surface area contributed by atoms with Crippen LogP contribution >= 0.6 is 11.6 Å². The van der Waals surface area contributed by atoms with Gasteiger partial charge in [0.1, 0.15) is 0 Å². The van der Waals surface area contributed by atoms with Crippen molar-refractivity contribution in [1.82, 2.24) is 10.2 Å². The number of hydrogen-bond donors (Lipinski definition) is 1. The van der Waals surface area contributed by atoms with E-state index in [1.54, 1.807) is 5.54 Å². The fraction of sp³-hybridized carbons (Fsp3) is 0.846. The molecule has 2 nitrogen and oxygen atoms in total. The normalized spacial score (nSPS) is 33.2. The van der Waals surface area contributed by atoms with E-state index in [1.165, 1.54) is 50.9 Å². The molecule has 2 heterocycles. The molecule has 0 bridgehead atoms. The highest BCUT2D eigenvalue weighted by atomic mass is 35.5. The van der Waals surface area contributed by atoms with Crippen LogP contribution in [0.4, 0.5) is 0 Å². The zero-order valence-electron chi connectivity index (χ0n) is 10.2. The molecule has 2 aliphatic heterocycles. The first kappa shape index (κ1) is 12.4. The van der Waals surface area contributed by atoms with E-state index in [9.17, 15) is 0 Å². The average molecular weight is 243 g/mol. The Morgan fingerprint density at radius 1 is 1.44 bits per heavy atom. The molecule has 0 amide bonds. The van der Waals surface area contributed by atoms with Crippen molar-refractivity contribution in [2.24, 2.45) is 5.92 Å². The smallest absolute Gasteiger partial charge is 0.0201 e. The minimum absolute atomic E-state index is 0.781. The Morgan fingerprint density at radius 3 is 3.00 bits per heavy atom. The van der Waals surface area contributed by atoms with Crippen molar-refractivity contribution in [2.45, 2.75) is 38.6 Å². The molecule has 2 unspecified atom stereocenters. The summed E-state index contributed by atoms with van der Waals surface area (Å²) in [6.07, 6.45) is 5.49. The van der Waals surface area contributed by atoms with Crippen molar-refractivity contribution in [3.05, 3.63) is 11.1 Å². The first-order chi connectivity index (χ1) is 7.79. The van der Waals surface area contributed by atoms with Crippen LogP contribution in [0.25, 0.3) is 0 Å². The summed E-state index contributed by atoms with van der Waals surface area (Å²) in [6, 6.07) is 0.781. The lowest BCUT2D eigenvalue weighted by Gasteiger charge is -2.35. The Balaban J connectivity index is 1.83. The van der Waals surface area contributed by atoms with Gasteiger partial charge in [-0.2, -0.15) is 0 Å². The Morgan fingerprint density at radius 2 is 2.31 bits per heavy atom. The molecule has 0 aromatic heterocycles. The summed E-state index contributed by atoms with van der Waals surface area (Å²) in [5.41, 5.74) is 3.00. The molecular weight excluding hydrogens is 220 g/mol. The molecular formula is C13H23ClN2. The number of halogens is 1. The first-order valence-corrected chi connectivity index (χ1v) is 6.95. The van der Waals surface area contributed by atoms with Crippen molar-refractivity contribution < 1.29 is 0 Å². The van der Waals surface area contributed by atoms with Crippen molar-refractivity contribution in [1.29, 1.82) is 0 Å². The third-order valence-electron chi connectivity index (χ3n) is 3.87. The number of nitrogens with zero attached hydrogens (tertiary/aromatic N) is 1. The summed E-state index contributed by atoms with van der Waals surface area (Å²) < 4.78 is 0. The molecule has 0 aromatic rings. The topological polar surface area (TPSA) is 15.3 Å². The minimum Gasteiger partial charge on any atom is -0.314 e. The van der Waals surface area contributed by atoms with E-state index in [0.29, 0.717) is 0 Å². The highest BCUT2D eigenvalue weighted by molar-refractivity contribution is 6.25. The molecule has 0 spiro atoms. The SMILES string of the molecule is CC(=CCl)CN1CCCC(C2CCCN2)C1. The van der Waals surface area contributed by atoms with Crippen LogP contribution in [0.15, 0.2) is 11.1 Å². The average Bonchev–Trinajstić information content (AvgIpc) is 2.83. The number of likely N-dealkylation sites (tertiary alicyclic amines) is 1. The van der Waals surface area contributed by atoms with E-state index in [4.69, 9.17) is 11.6 Å². The maximum absolute atomic E-state index is 5.73. The van der Waals surface area contributed by atoms with Crippen molar-refractivity contribution in [3.8, 4) is 0 Å². The molecule has 1 N–H and O–H groups in total. The van der Waals surface area contributed by atoms with Gasteiger partial charge in [0, 0.05) is 24.7 Å². The number of rotatable bonds is 3. The van der Waals surface area contributed by atoms with Crippen LogP contribution in [-0.4, -0.2) is 37.1 Å². The molecule has 3 heteroatoms. The Labute approximate surface area is 104 Å². The molecule has 0 saturated carbocycles. The highest BCUT2D eigenvalue weighted by Gasteiger charge is 2.28. The lowest BCUT2D eigenvalue weighted by atomic mass is 9.89. The van der Waals surface area contributed by atoms with Crippen molar-refractivity contribution in [2.75, 3.05) is 26.2 Å². The molecule has 0 aromatic carbocycles. The molecule has 16 heavy (non-hydrogen) atoms. The largest absolute Gasteiger partial charge is 0.314 e. The van der Waals surface area contributed by atoms with Crippen LogP contribution in [0.2, 0.25) is 0 Å². The van der Waals surface area contributed by atoms with E-state index in [2.05, 4.69) is 17.1 Å². The summed E-state index contributed by atoms with van der Waals surface area (Å²) >= 11 is 5.73. The van der Waals surface area contributed by atoms with E-state index < -0.39 is 0 Å². The van der Waals surface area contributed by atoms with Gasteiger partial charge in [0.05, 0.1) is 0 Å². The second-order valence-electron chi connectivity index (χ2n) is 5.30. The van der Waals surface area contributed by atoms with Crippen LogP contribution in [0.1, 0.15) is 32.6 Å². The summed E-state index contributed by atoms with van der Waals surface area (Å²) in [5.74, 6) is 0.861. The molecule has 2 fully saturated rings. The van der Waals surface area contributed by atoms with E-state index >= 15 is 0 Å². The van der Waals surface area contributed by atoms with E-state index in [-0.39, 0.29) is 0 Å². The molecule has 92 valence electrons. The lowest BCUT2D eigenvalue weighted by molar-refractivity contribution is 0.162. The van der Waals surface area contributed by atoms with Crippen LogP contribution in [-0.2, 0) is 0 Å². The van der Waals surface area contributed by atoms with Gasteiger partial charge in [0.15, 0.2) is 0 Å². The summed E-state index contributed by atoms with van der Waals surface area (Å²) in [4.78, 5) is 2.56. The predicted octanol–water partition coefficient (Wildman–Crippen LogP) is 2.59. The van der Waals surface area contributed by atoms with Gasteiger partial charge in [-0.3, -0.25) is 4.90 Å². The number of hydrogen-bond acceptors (Lipinski definition) is 2. The highest BCUT2D eigenvalue weighted by Crippen LogP contribution is 2.25. The molecule has 2 rings (SSSR count). The van der Waals surface area contributed by atoms with Gasteiger partial charge >= 0.3 is 0 Å². The van der Waals surface area contributed by atoms with Gasteiger partial charge < -0.3 is 5.32 Å². The number of nitrogens with one attached hydrogen (secondary N) is 1. The Hall–Kier alpha value is -0.0500. The van der Waals surface area contributed by atoms with Gasteiger partial charge in [0.2, 0.25) is 0 Å². The number of piperidine rings is 1. The molecule has 0 radical (unpaired) electrons. The van der Waals surface area contributed by atoms with Gasteiger partial charge in [-0.05, 0) is 57.2 Å². The fourth-order valence-electron chi connectivity index (χ4n) is 3.06. The van der Waals surface area contributed by atoms with Crippen molar-refractivity contribution in [3.63, 3.8) is 0 Å².